The van der Waals surface area contributed by atoms with Gasteiger partial charge < -0.3 is 19.9 Å². The minimum absolute atomic E-state index is 0.0302. The third-order valence-corrected chi connectivity index (χ3v) is 5.10. The summed E-state index contributed by atoms with van der Waals surface area (Å²) in [4.78, 5) is 0. The van der Waals surface area contributed by atoms with Gasteiger partial charge in [-0.3, -0.25) is 0 Å². The Hall–Kier alpha value is -1.17. The second-order valence-electron chi connectivity index (χ2n) is 5.80. The number of aliphatic hydroxyl groups is 1. The lowest BCUT2D eigenvalue weighted by molar-refractivity contribution is 0.238. The summed E-state index contributed by atoms with van der Waals surface area (Å²) < 4.78 is 11.3. The summed E-state index contributed by atoms with van der Waals surface area (Å²) in [6.07, 6.45) is 0.829. The Bertz CT molecular complexity index is 736. The quantitative estimate of drug-likeness (QED) is 0.595. The van der Waals surface area contributed by atoms with Gasteiger partial charge in [-0.25, -0.2) is 0 Å². The fourth-order valence-corrected chi connectivity index (χ4v) is 2.91. The Morgan fingerprint density at radius 2 is 1.81 bits per heavy atom. The first-order valence-corrected chi connectivity index (χ1v) is 9.39. The minimum Gasteiger partial charge on any atom is -0.493 e. The molecule has 2 N–H and O–H groups in total. The van der Waals surface area contributed by atoms with Crippen LogP contribution in [0.15, 0.2) is 30.3 Å². The number of benzene rings is 2. The molecular formula is C19H22Cl3NO3. The average Bonchev–Trinajstić information content (AvgIpc) is 2.64. The predicted molar refractivity (Wildman–Crippen MR) is 107 cm³/mol. The molecular weight excluding hydrogens is 397 g/mol. The van der Waals surface area contributed by atoms with Gasteiger partial charge in [-0.2, -0.15) is 0 Å². The Balaban J connectivity index is 2.11. The predicted octanol–water partition coefficient (Wildman–Crippen LogP) is 5.09. The molecule has 0 amide bonds. The zero-order chi connectivity index (χ0) is 19.1. The zero-order valence-electron chi connectivity index (χ0n) is 14.7. The van der Waals surface area contributed by atoms with E-state index in [0.29, 0.717) is 39.7 Å². The fourth-order valence-electron chi connectivity index (χ4n) is 2.37. The number of ether oxygens (including phenoxy) is 2. The van der Waals surface area contributed by atoms with Crippen molar-refractivity contribution in [2.45, 2.75) is 32.5 Å². The van der Waals surface area contributed by atoms with Crippen molar-refractivity contribution in [2.24, 2.45) is 0 Å². The second kappa shape index (κ2) is 10.2. The zero-order valence-corrected chi connectivity index (χ0v) is 17.0. The maximum Gasteiger partial charge on any atom is 0.163 e. The molecule has 0 saturated carbocycles. The molecule has 2 aromatic rings. The summed E-state index contributed by atoms with van der Waals surface area (Å²) in [6, 6.07) is 8.93. The first kappa shape index (κ1) is 21.1. The molecule has 0 fully saturated rings. The SMILES string of the molecule is CCC(CO)NCc1cc(OC)c(OCc2ccc(Cl)c(Cl)c2)cc1Cl. The molecule has 1 atom stereocenters. The van der Waals surface area contributed by atoms with E-state index in [4.69, 9.17) is 44.3 Å². The highest BCUT2D eigenvalue weighted by molar-refractivity contribution is 6.42. The van der Waals surface area contributed by atoms with Gasteiger partial charge in [0.05, 0.1) is 23.8 Å². The molecule has 0 saturated heterocycles. The molecule has 0 aliphatic heterocycles. The van der Waals surface area contributed by atoms with Gasteiger partial charge in [0.15, 0.2) is 11.5 Å². The van der Waals surface area contributed by atoms with Crippen molar-refractivity contribution in [1.82, 2.24) is 5.32 Å². The molecule has 0 radical (unpaired) electrons. The highest BCUT2D eigenvalue weighted by atomic mass is 35.5. The van der Waals surface area contributed by atoms with Gasteiger partial charge in [-0.05, 0) is 35.7 Å². The Labute approximate surface area is 169 Å². The van der Waals surface area contributed by atoms with Crippen molar-refractivity contribution in [3.63, 3.8) is 0 Å². The van der Waals surface area contributed by atoms with Gasteiger partial charge in [-0.15, -0.1) is 0 Å². The van der Waals surface area contributed by atoms with Gasteiger partial charge in [0.25, 0.3) is 0 Å². The van der Waals surface area contributed by atoms with Crippen LogP contribution in [0.5, 0.6) is 11.5 Å². The van der Waals surface area contributed by atoms with Crippen molar-refractivity contribution in [3.05, 3.63) is 56.5 Å². The van der Waals surface area contributed by atoms with Crippen LogP contribution in [-0.4, -0.2) is 24.9 Å². The van der Waals surface area contributed by atoms with Crippen LogP contribution in [0.4, 0.5) is 0 Å². The molecule has 0 aliphatic rings. The summed E-state index contributed by atoms with van der Waals surface area (Å²) in [7, 11) is 1.58. The van der Waals surface area contributed by atoms with E-state index < -0.39 is 0 Å². The third-order valence-electron chi connectivity index (χ3n) is 4.01. The summed E-state index contributed by atoms with van der Waals surface area (Å²) in [6.45, 7) is 2.93. The van der Waals surface area contributed by atoms with E-state index in [9.17, 15) is 5.11 Å². The average molecular weight is 419 g/mol. The van der Waals surface area contributed by atoms with Crippen LogP contribution in [-0.2, 0) is 13.2 Å². The highest BCUT2D eigenvalue weighted by Gasteiger charge is 2.13. The van der Waals surface area contributed by atoms with Crippen LogP contribution in [0.25, 0.3) is 0 Å². The second-order valence-corrected chi connectivity index (χ2v) is 7.02. The molecule has 0 spiro atoms. The van der Waals surface area contributed by atoms with E-state index in [-0.39, 0.29) is 12.6 Å². The molecule has 0 aliphatic carbocycles. The monoisotopic (exact) mass is 417 g/mol. The van der Waals surface area contributed by atoms with E-state index in [1.165, 1.54) is 0 Å². The van der Waals surface area contributed by atoms with Gasteiger partial charge in [0.1, 0.15) is 6.61 Å². The Kier molecular flexibility index (Phi) is 8.32. The molecule has 4 nitrogen and oxygen atoms in total. The summed E-state index contributed by atoms with van der Waals surface area (Å²) >= 11 is 18.3. The number of aliphatic hydroxyl groups excluding tert-OH is 1. The van der Waals surface area contributed by atoms with Crippen molar-refractivity contribution >= 4 is 34.8 Å². The lowest BCUT2D eigenvalue weighted by atomic mass is 10.1. The Morgan fingerprint density at radius 3 is 2.42 bits per heavy atom. The lowest BCUT2D eigenvalue weighted by Gasteiger charge is -2.17. The van der Waals surface area contributed by atoms with E-state index in [1.54, 1.807) is 25.3 Å². The lowest BCUT2D eigenvalue weighted by Crippen LogP contribution is -2.31. The number of halogens is 3. The third kappa shape index (κ3) is 5.66. The fraction of sp³-hybridized carbons (Fsp3) is 0.368. The number of hydrogen-bond donors (Lipinski definition) is 2. The van der Waals surface area contributed by atoms with Gasteiger partial charge in [-0.1, -0.05) is 47.8 Å². The van der Waals surface area contributed by atoms with Crippen LogP contribution in [0.1, 0.15) is 24.5 Å². The maximum absolute atomic E-state index is 9.28. The Morgan fingerprint density at radius 1 is 1.04 bits per heavy atom. The van der Waals surface area contributed by atoms with Gasteiger partial charge in [0.2, 0.25) is 0 Å². The number of hydrogen-bond acceptors (Lipinski definition) is 4. The molecule has 2 aromatic carbocycles. The molecule has 26 heavy (non-hydrogen) atoms. The topological polar surface area (TPSA) is 50.7 Å². The standard InChI is InChI=1S/C19H22Cl3NO3/c1-3-14(10-24)23-9-13-7-18(25-2)19(8-16(13)21)26-11-12-4-5-15(20)17(22)6-12/h4-8,14,23-24H,3,9-11H2,1-2H3. The van der Waals surface area contributed by atoms with Crippen LogP contribution < -0.4 is 14.8 Å². The molecule has 7 heteroatoms. The van der Waals surface area contributed by atoms with E-state index in [1.807, 2.05) is 19.1 Å². The first-order valence-electron chi connectivity index (χ1n) is 8.25. The van der Waals surface area contributed by atoms with Crippen LogP contribution in [0.3, 0.4) is 0 Å². The first-order chi connectivity index (χ1) is 12.5. The van der Waals surface area contributed by atoms with Gasteiger partial charge >= 0.3 is 0 Å². The van der Waals surface area contributed by atoms with E-state index >= 15 is 0 Å². The molecule has 2 rings (SSSR count). The van der Waals surface area contributed by atoms with E-state index in [0.717, 1.165) is 17.5 Å². The normalized spacial score (nSPS) is 12.1. The van der Waals surface area contributed by atoms with Crippen molar-refractivity contribution in [3.8, 4) is 11.5 Å². The van der Waals surface area contributed by atoms with Crippen LogP contribution in [0, 0.1) is 0 Å². The number of nitrogens with one attached hydrogen (secondary N) is 1. The van der Waals surface area contributed by atoms with Gasteiger partial charge in [0, 0.05) is 23.7 Å². The van der Waals surface area contributed by atoms with Crippen molar-refractivity contribution < 1.29 is 14.6 Å². The largest absolute Gasteiger partial charge is 0.493 e. The minimum atomic E-state index is 0.0302. The molecule has 0 bridgehead atoms. The number of rotatable bonds is 9. The highest BCUT2D eigenvalue weighted by Crippen LogP contribution is 2.34. The molecule has 0 heterocycles. The summed E-state index contributed by atoms with van der Waals surface area (Å²) in [5.41, 5.74) is 1.76. The maximum atomic E-state index is 9.28. The molecule has 1 unspecified atom stereocenters. The van der Waals surface area contributed by atoms with Crippen LogP contribution >= 0.6 is 34.8 Å². The molecule has 0 aromatic heterocycles. The van der Waals surface area contributed by atoms with Crippen molar-refractivity contribution in [1.29, 1.82) is 0 Å². The van der Waals surface area contributed by atoms with Crippen molar-refractivity contribution in [2.75, 3.05) is 13.7 Å². The van der Waals surface area contributed by atoms with E-state index in [2.05, 4.69) is 5.32 Å². The number of methoxy groups -OCH3 is 1. The summed E-state index contributed by atoms with van der Waals surface area (Å²) in [5.74, 6) is 1.13. The van der Waals surface area contributed by atoms with Crippen LogP contribution in [0.2, 0.25) is 15.1 Å². The molecule has 142 valence electrons. The summed E-state index contributed by atoms with van der Waals surface area (Å²) in [5, 5.41) is 14.1. The smallest absolute Gasteiger partial charge is 0.163 e.